The minimum atomic E-state index is -0.530. The standard InChI is InChI=1S/C14H14N2O3.C5H11NO/c1-8-2-3-10-9(6-8)7-16(14(10)19)11-4-5-12(17)15-13(11)18;6-5-2-1-3-7-4-5/h2-3,6,11H,4-5,7H2,1H3,(H,15,17,18);5H,1-4,6H2. The minimum Gasteiger partial charge on any atom is -0.380 e. The number of rotatable bonds is 1. The molecule has 0 aliphatic carbocycles. The van der Waals surface area contributed by atoms with Crippen LogP contribution < -0.4 is 11.1 Å². The van der Waals surface area contributed by atoms with Gasteiger partial charge < -0.3 is 15.4 Å². The molecule has 3 aliphatic rings. The van der Waals surface area contributed by atoms with Crippen LogP contribution >= 0.6 is 0 Å². The largest absolute Gasteiger partial charge is 0.380 e. The summed E-state index contributed by atoms with van der Waals surface area (Å²) in [6.45, 7) is 4.09. The normalized spacial score (nSPS) is 25.3. The van der Waals surface area contributed by atoms with Gasteiger partial charge in [0.2, 0.25) is 11.8 Å². The van der Waals surface area contributed by atoms with Crippen molar-refractivity contribution in [1.82, 2.24) is 10.2 Å². The second-order valence-corrected chi connectivity index (χ2v) is 7.04. The zero-order chi connectivity index (χ0) is 18.7. The van der Waals surface area contributed by atoms with Crippen LogP contribution in [-0.4, -0.2) is 47.9 Å². The maximum atomic E-state index is 12.3. The lowest BCUT2D eigenvalue weighted by molar-refractivity contribution is -0.136. The topological polar surface area (TPSA) is 102 Å². The van der Waals surface area contributed by atoms with Crippen molar-refractivity contribution in [2.75, 3.05) is 13.2 Å². The van der Waals surface area contributed by atoms with Gasteiger partial charge in [-0.05, 0) is 37.8 Å². The van der Waals surface area contributed by atoms with Gasteiger partial charge in [0.15, 0.2) is 0 Å². The quantitative estimate of drug-likeness (QED) is 0.725. The van der Waals surface area contributed by atoms with E-state index < -0.39 is 6.04 Å². The van der Waals surface area contributed by atoms with Gasteiger partial charge in [0.05, 0.1) is 6.61 Å². The molecule has 0 bridgehead atoms. The number of imide groups is 1. The van der Waals surface area contributed by atoms with E-state index in [0.717, 1.165) is 37.2 Å². The fraction of sp³-hybridized carbons (Fsp3) is 0.526. The number of aryl methyl sites for hydroxylation is 1. The van der Waals surface area contributed by atoms with E-state index in [1.54, 1.807) is 11.0 Å². The van der Waals surface area contributed by atoms with E-state index in [1.165, 1.54) is 0 Å². The van der Waals surface area contributed by atoms with Crippen molar-refractivity contribution in [3.05, 3.63) is 34.9 Å². The van der Waals surface area contributed by atoms with Gasteiger partial charge in [0.25, 0.3) is 5.91 Å². The van der Waals surface area contributed by atoms with E-state index in [4.69, 9.17) is 10.5 Å². The molecule has 3 aliphatic heterocycles. The highest BCUT2D eigenvalue weighted by molar-refractivity contribution is 6.05. The SMILES string of the molecule is Cc1ccc2c(c1)CN(C1CCC(=O)NC1=O)C2=O.NC1CCCOC1. The highest BCUT2D eigenvalue weighted by Crippen LogP contribution is 2.27. The molecule has 7 nitrogen and oxygen atoms in total. The molecule has 7 heteroatoms. The second kappa shape index (κ2) is 7.97. The number of carbonyl (C=O) groups is 3. The average Bonchev–Trinajstić information content (AvgIpc) is 2.92. The van der Waals surface area contributed by atoms with E-state index in [2.05, 4.69) is 5.32 Å². The van der Waals surface area contributed by atoms with Gasteiger partial charge in [0, 0.05) is 31.2 Å². The molecule has 1 aromatic carbocycles. The number of amides is 3. The third-order valence-electron chi connectivity index (χ3n) is 4.87. The van der Waals surface area contributed by atoms with Crippen LogP contribution in [0.5, 0.6) is 0 Å². The van der Waals surface area contributed by atoms with Gasteiger partial charge in [-0.1, -0.05) is 17.7 Å². The maximum absolute atomic E-state index is 12.3. The smallest absolute Gasteiger partial charge is 0.255 e. The Bertz CT molecular complexity index is 713. The molecule has 2 fully saturated rings. The highest BCUT2D eigenvalue weighted by atomic mass is 16.5. The number of carbonyl (C=O) groups excluding carboxylic acids is 3. The summed E-state index contributed by atoms with van der Waals surface area (Å²) in [5.41, 5.74) is 8.22. The van der Waals surface area contributed by atoms with Crippen LogP contribution in [0.15, 0.2) is 18.2 Å². The summed E-state index contributed by atoms with van der Waals surface area (Å²) in [5.74, 6) is -0.750. The maximum Gasteiger partial charge on any atom is 0.255 e. The third kappa shape index (κ3) is 4.11. The van der Waals surface area contributed by atoms with E-state index in [0.29, 0.717) is 24.6 Å². The molecule has 0 aromatic heterocycles. The van der Waals surface area contributed by atoms with Crippen LogP contribution in [-0.2, 0) is 20.9 Å². The summed E-state index contributed by atoms with van der Waals surface area (Å²) in [7, 11) is 0. The lowest BCUT2D eigenvalue weighted by Gasteiger charge is -2.29. The van der Waals surface area contributed by atoms with Crippen LogP contribution in [0.4, 0.5) is 0 Å². The molecule has 0 radical (unpaired) electrons. The number of fused-ring (bicyclic) bond motifs is 1. The number of benzene rings is 1. The molecule has 3 N–H and O–H groups in total. The molecular weight excluding hydrogens is 334 g/mol. The molecule has 26 heavy (non-hydrogen) atoms. The summed E-state index contributed by atoms with van der Waals surface area (Å²) in [6.07, 6.45) is 2.97. The Morgan fingerprint density at radius 2 is 2.04 bits per heavy atom. The summed E-state index contributed by atoms with van der Waals surface area (Å²) >= 11 is 0. The first-order valence-electron chi connectivity index (χ1n) is 9.03. The number of ether oxygens (including phenoxy) is 1. The van der Waals surface area contributed by atoms with E-state index >= 15 is 0 Å². The Balaban J connectivity index is 0.000000236. The number of nitrogens with two attached hydrogens (primary N) is 1. The zero-order valence-corrected chi connectivity index (χ0v) is 15.0. The highest BCUT2D eigenvalue weighted by Gasteiger charge is 2.38. The molecule has 2 saturated heterocycles. The van der Waals surface area contributed by atoms with Crippen molar-refractivity contribution in [2.45, 2.75) is 51.2 Å². The molecule has 4 rings (SSSR count). The summed E-state index contributed by atoms with van der Waals surface area (Å²) in [5, 5.41) is 2.29. The fourth-order valence-electron chi connectivity index (χ4n) is 3.47. The molecule has 2 unspecified atom stereocenters. The van der Waals surface area contributed by atoms with E-state index in [-0.39, 0.29) is 24.1 Å². The van der Waals surface area contributed by atoms with Gasteiger partial charge in [0.1, 0.15) is 6.04 Å². The molecule has 140 valence electrons. The van der Waals surface area contributed by atoms with Crippen molar-refractivity contribution in [1.29, 1.82) is 0 Å². The lowest BCUT2D eigenvalue weighted by atomic mass is 10.0. The van der Waals surface area contributed by atoms with Gasteiger partial charge in [-0.15, -0.1) is 0 Å². The Labute approximate surface area is 152 Å². The van der Waals surface area contributed by atoms with Crippen molar-refractivity contribution < 1.29 is 19.1 Å². The van der Waals surface area contributed by atoms with Crippen molar-refractivity contribution >= 4 is 17.7 Å². The van der Waals surface area contributed by atoms with Gasteiger partial charge in [-0.3, -0.25) is 19.7 Å². The Kier molecular flexibility index (Phi) is 5.68. The van der Waals surface area contributed by atoms with Crippen molar-refractivity contribution in [3.8, 4) is 0 Å². The van der Waals surface area contributed by atoms with Gasteiger partial charge in [-0.2, -0.15) is 0 Å². The van der Waals surface area contributed by atoms with E-state index in [1.807, 2.05) is 19.1 Å². The minimum absolute atomic E-state index is 0.121. The van der Waals surface area contributed by atoms with Crippen molar-refractivity contribution in [2.24, 2.45) is 5.73 Å². The number of hydrogen-bond acceptors (Lipinski definition) is 5. The fourth-order valence-corrected chi connectivity index (χ4v) is 3.47. The van der Waals surface area contributed by atoms with E-state index in [9.17, 15) is 14.4 Å². The summed E-state index contributed by atoms with van der Waals surface area (Å²) in [6, 6.07) is 5.45. The Morgan fingerprint density at radius 1 is 1.23 bits per heavy atom. The first-order valence-corrected chi connectivity index (χ1v) is 9.03. The van der Waals surface area contributed by atoms with Gasteiger partial charge >= 0.3 is 0 Å². The Hall–Kier alpha value is -2.25. The Morgan fingerprint density at radius 3 is 2.65 bits per heavy atom. The predicted molar refractivity (Wildman–Crippen MR) is 95.3 cm³/mol. The predicted octanol–water partition coefficient (Wildman–Crippen LogP) is 0.880. The third-order valence-corrected chi connectivity index (χ3v) is 4.87. The number of hydrogen-bond donors (Lipinski definition) is 2. The molecule has 0 saturated carbocycles. The second-order valence-electron chi connectivity index (χ2n) is 7.04. The zero-order valence-electron chi connectivity index (χ0n) is 15.0. The number of nitrogens with zero attached hydrogens (tertiary/aromatic N) is 1. The monoisotopic (exact) mass is 359 g/mol. The molecular formula is C19H25N3O4. The molecule has 3 amide bonds. The van der Waals surface area contributed by atoms with Crippen LogP contribution in [0.2, 0.25) is 0 Å². The molecule has 1 aromatic rings. The molecule has 3 heterocycles. The first kappa shape index (κ1) is 18.5. The van der Waals surface area contributed by atoms with Crippen LogP contribution in [0.25, 0.3) is 0 Å². The van der Waals surface area contributed by atoms with Gasteiger partial charge in [-0.25, -0.2) is 0 Å². The lowest BCUT2D eigenvalue weighted by Crippen LogP contribution is -2.52. The van der Waals surface area contributed by atoms with Crippen molar-refractivity contribution in [3.63, 3.8) is 0 Å². The number of piperidine rings is 1. The summed E-state index contributed by atoms with van der Waals surface area (Å²) < 4.78 is 5.06. The van der Waals surface area contributed by atoms with Crippen LogP contribution in [0.1, 0.15) is 47.2 Å². The number of nitrogens with one attached hydrogen (secondary N) is 1. The molecule has 2 atom stereocenters. The molecule has 0 spiro atoms. The van der Waals surface area contributed by atoms with Crippen LogP contribution in [0.3, 0.4) is 0 Å². The van der Waals surface area contributed by atoms with Crippen LogP contribution in [0, 0.1) is 6.92 Å². The average molecular weight is 359 g/mol. The summed E-state index contributed by atoms with van der Waals surface area (Å²) in [4.78, 5) is 36.8. The first-order chi connectivity index (χ1) is 12.5.